The zero-order chi connectivity index (χ0) is 15.5. The molecule has 6 heteroatoms. The number of furan rings is 1. The van der Waals surface area contributed by atoms with E-state index in [4.69, 9.17) is 9.15 Å². The number of carbonyl (C=O) groups is 2. The molecule has 0 aliphatic heterocycles. The number of ether oxygens (including phenoxy) is 1. The molecule has 6 nitrogen and oxygen atoms in total. The second kappa shape index (κ2) is 6.20. The number of nitrogens with one attached hydrogen (secondary N) is 2. The van der Waals surface area contributed by atoms with Gasteiger partial charge in [0.2, 0.25) is 0 Å². The van der Waals surface area contributed by atoms with E-state index in [2.05, 4.69) is 10.6 Å². The largest absolute Gasteiger partial charge is 0.472 e. The standard InChI is InChI=1S/C15H22N2O4/c1-15(2,3)21-14(19)16-8-12(10-4-5-10)17-13(18)11-6-7-20-9-11/h6-7,9-10,12H,4-5,8H2,1-3H3,(H,16,19)(H,17,18). The molecule has 1 saturated carbocycles. The normalized spacial score (nSPS) is 16.1. The maximum absolute atomic E-state index is 12.0. The van der Waals surface area contributed by atoms with Crippen LogP contribution < -0.4 is 10.6 Å². The van der Waals surface area contributed by atoms with Crippen molar-refractivity contribution in [3.05, 3.63) is 24.2 Å². The van der Waals surface area contributed by atoms with Gasteiger partial charge in [-0.3, -0.25) is 4.79 Å². The molecule has 116 valence electrons. The van der Waals surface area contributed by atoms with Gasteiger partial charge in [0, 0.05) is 12.6 Å². The second-order valence-electron chi connectivity index (χ2n) is 6.31. The molecule has 1 heterocycles. The van der Waals surface area contributed by atoms with Gasteiger partial charge in [-0.25, -0.2) is 4.79 Å². The highest BCUT2D eigenvalue weighted by molar-refractivity contribution is 5.94. The summed E-state index contributed by atoms with van der Waals surface area (Å²) in [6.45, 7) is 5.80. The lowest BCUT2D eigenvalue weighted by Gasteiger charge is -2.22. The van der Waals surface area contributed by atoms with Gasteiger partial charge in [0.05, 0.1) is 11.8 Å². The van der Waals surface area contributed by atoms with Gasteiger partial charge >= 0.3 is 6.09 Å². The van der Waals surface area contributed by atoms with Gasteiger partial charge in [-0.2, -0.15) is 0 Å². The van der Waals surface area contributed by atoms with Gasteiger partial charge in [-0.05, 0) is 45.6 Å². The molecular weight excluding hydrogens is 272 g/mol. The van der Waals surface area contributed by atoms with Crippen molar-refractivity contribution in [3.63, 3.8) is 0 Å². The lowest BCUT2D eigenvalue weighted by atomic mass is 10.1. The van der Waals surface area contributed by atoms with Crippen LogP contribution in [-0.2, 0) is 4.74 Å². The van der Waals surface area contributed by atoms with Crippen LogP contribution in [0.4, 0.5) is 4.79 Å². The van der Waals surface area contributed by atoms with E-state index >= 15 is 0 Å². The number of hydrogen-bond donors (Lipinski definition) is 2. The molecule has 0 spiro atoms. The van der Waals surface area contributed by atoms with E-state index in [1.807, 2.05) is 20.8 Å². The predicted octanol–water partition coefficient (Wildman–Crippen LogP) is 2.31. The molecule has 2 amide bonds. The molecule has 1 aliphatic carbocycles. The minimum atomic E-state index is -0.529. The van der Waals surface area contributed by atoms with Crippen molar-refractivity contribution in [2.45, 2.75) is 45.3 Å². The number of hydrogen-bond acceptors (Lipinski definition) is 4. The molecule has 1 atom stereocenters. The summed E-state index contributed by atoms with van der Waals surface area (Å²) < 4.78 is 10.1. The fourth-order valence-electron chi connectivity index (χ4n) is 1.99. The number of carbonyl (C=O) groups excluding carboxylic acids is 2. The van der Waals surface area contributed by atoms with E-state index in [1.54, 1.807) is 6.07 Å². The lowest BCUT2D eigenvalue weighted by molar-refractivity contribution is 0.0518. The molecule has 1 aromatic heterocycles. The van der Waals surface area contributed by atoms with Crippen molar-refractivity contribution in [2.75, 3.05) is 6.54 Å². The van der Waals surface area contributed by atoms with E-state index in [0.29, 0.717) is 18.0 Å². The van der Waals surface area contributed by atoms with Crippen molar-refractivity contribution in [1.82, 2.24) is 10.6 Å². The van der Waals surface area contributed by atoms with Crippen molar-refractivity contribution < 1.29 is 18.7 Å². The van der Waals surface area contributed by atoms with Crippen LogP contribution in [-0.4, -0.2) is 30.2 Å². The molecular formula is C15H22N2O4. The van der Waals surface area contributed by atoms with Crippen LogP contribution >= 0.6 is 0 Å². The number of rotatable bonds is 5. The summed E-state index contributed by atoms with van der Waals surface area (Å²) >= 11 is 0. The summed E-state index contributed by atoms with van der Waals surface area (Å²) in [6.07, 6.45) is 4.52. The van der Waals surface area contributed by atoms with Crippen molar-refractivity contribution in [3.8, 4) is 0 Å². The Balaban J connectivity index is 1.83. The lowest BCUT2D eigenvalue weighted by Crippen LogP contribution is -2.46. The third-order valence-corrected chi connectivity index (χ3v) is 3.16. The van der Waals surface area contributed by atoms with Crippen LogP contribution in [0.1, 0.15) is 44.0 Å². The number of alkyl carbamates (subject to hydrolysis) is 1. The first-order valence-electron chi connectivity index (χ1n) is 7.15. The van der Waals surface area contributed by atoms with Crippen LogP contribution in [0.2, 0.25) is 0 Å². The topological polar surface area (TPSA) is 80.6 Å². The van der Waals surface area contributed by atoms with E-state index in [0.717, 1.165) is 12.8 Å². The molecule has 0 radical (unpaired) electrons. The molecule has 21 heavy (non-hydrogen) atoms. The fourth-order valence-corrected chi connectivity index (χ4v) is 1.99. The fraction of sp³-hybridized carbons (Fsp3) is 0.600. The average molecular weight is 294 g/mol. The molecule has 2 N–H and O–H groups in total. The third-order valence-electron chi connectivity index (χ3n) is 3.16. The second-order valence-corrected chi connectivity index (χ2v) is 6.31. The first kappa shape index (κ1) is 15.4. The molecule has 0 bridgehead atoms. The summed E-state index contributed by atoms with van der Waals surface area (Å²) in [5, 5.41) is 5.64. The van der Waals surface area contributed by atoms with Crippen molar-refractivity contribution in [2.24, 2.45) is 5.92 Å². The Morgan fingerprint density at radius 3 is 2.67 bits per heavy atom. The molecule has 1 aromatic rings. The quantitative estimate of drug-likeness (QED) is 0.873. The van der Waals surface area contributed by atoms with Gasteiger partial charge in [0.15, 0.2) is 0 Å². The van der Waals surface area contributed by atoms with Crippen LogP contribution in [0, 0.1) is 5.92 Å². The van der Waals surface area contributed by atoms with Gasteiger partial charge in [-0.15, -0.1) is 0 Å². The van der Waals surface area contributed by atoms with Gasteiger partial charge in [0.1, 0.15) is 11.9 Å². The number of amides is 2. The summed E-state index contributed by atoms with van der Waals surface area (Å²) in [6, 6.07) is 1.53. The summed E-state index contributed by atoms with van der Waals surface area (Å²) in [7, 11) is 0. The first-order valence-corrected chi connectivity index (χ1v) is 7.15. The Hall–Kier alpha value is -1.98. The molecule has 1 unspecified atom stereocenters. The predicted molar refractivity (Wildman–Crippen MR) is 76.9 cm³/mol. The highest BCUT2D eigenvalue weighted by atomic mass is 16.6. The molecule has 1 aliphatic rings. The van der Waals surface area contributed by atoms with E-state index in [-0.39, 0.29) is 11.9 Å². The summed E-state index contributed by atoms with van der Waals surface area (Å²) in [5.74, 6) is 0.224. The van der Waals surface area contributed by atoms with Gasteiger partial charge in [0.25, 0.3) is 5.91 Å². The zero-order valence-electron chi connectivity index (χ0n) is 12.6. The Morgan fingerprint density at radius 1 is 1.43 bits per heavy atom. The average Bonchev–Trinajstić information content (AvgIpc) is 3.06. The Kier molecular flexibility index (Phi) is 4.55. The molecule has 1 fully saturated rings. The molecule has 0 saturated heterocycles. The van der Waals surface area contributed by atoms with Crippen LogP contribution in [0.5, 0.6) is 0 Å². The summed E-state index contributed by atoms with van der Waals surface area (Å²) in [5.41, 5.74) is -0.0444. The van der Waals surface area contributed by atoms with Gasteiger partial charge in [-0.1, -0.05) is 0 Å². The maximum atomic E-state index is 12.0. The Morgan fingerprint density at radius 2 is 2.14 bits per heavy atom. The summed E-state index contributed by atoms with van der Waals surface area (Å²) in [4.78, 5) is 23.7. The molecule has 2 rings (SSSR count). The highest BCUT2D eigenvalue weighted by Crippen LogP contribution is 2.32. The van der Waals surface area contributed by atoms with E-state index in [1.165, 1.54) is 12.5 Å². The SMILES string of the molecule is CC(C)(C)OC(=O)NCC(NC(=O)c1ccoc1)C1CC1. The van der Waals surface area contributed by atoms with Gasteiger partial charge < -0.3 is 19.8 Å². The van der Waals surface area contributed by atoms with Crippen LogP contribution in [0.25, 0.3) is 0 Å². The third kappa shape index (κ3) is 5.13. The smallest absolute Gasteiger partial charge is 0.407 e. The van der Waals surface area contributed by atoms with E-state index in [9.17, 15) is 9.59 Å². The van der Waals surface area contributed by atoms with E-state index < -0.39 is 11.7 Å². The maximum Gasteiger partial charge on any atom is 0.407 e. The Labute approximate surface area is 124 Å². The molecule has 0 aromatic carbocycles. The van der Waals surface area contributed by atoms with Crippen LogP contribution in [0.3, 0.4) is 0 Å². The zero-order valence-corrected chi connectivity index (χ0v) is 12.6. The van der Waals surface area contributed by atoms with Crippen LogP contribution in [0.15, 0.2) is 23.0 Å². The monoisotopic (exact) mass is 294 g/mol. The first-order chi connectivity index (χ1) is 9.85. The minimum absolute atomic E-state index is 0.0834. The van der Waals surface area contributed by atoms with Crippen molar-refractivity contribution >= 4 is 12.0 Å². The highest BCUT2D eigenvalue weighted by Gasteiger charge is 2.33. The van der Waals surface area contributed by atoms with Crippen molar-refractivity contribution in [1.29, 1.82) is 0 Å². The Bertz CT molecular complexity index is 486. The minimum Gasteiger partial charge on any atom is -0.472 e.